The second-order valence-electron chi connectivity index (χ2n) is 4.69. The van der Waals surface area contributed by atoms with E-state index in [1.54, 1.807) is 24.4 Å². The van der Waals surface area contributed by atoms with Crippen molar-refractivity contribution in [2.75, 3.05) is 11.9 Å². The molecule has 3 rings (SSSR count). The second-order valence-corrected chi connectivity index (χ2v) is 5.10. The average molecular weight is 316 g/mol. The van der Waals surface area contributed by atoms with E-state index in [9.17, 15) is 9.18 Å². The van der Waals surface area contributed by atoms with Crippen LogP contribution < -0.4 is 4.90 Å². The molecule has 2 heterocycles. The van der Waals surface area contributed by atoms with Gasteiger partial charge < -0.3 is 4.90 Å². The van der Waals surface area contributed by atoms with Crippen LogP contribution in [0.1, 0.15) is 10.4 Å². The molecule has 0 spiro atoms. The van der Waals surface area contributed by atoms with Crippen LogP contribution in [0.25, 0.3) is 10.9 Å². The molecule has 3 aromatic rings. The molecule has 0 radical (unpaired) electrons. The third-order valence-corrected chi connectivity index (χ3v) is 3.67. The molecule has 22 heavy (non-hydrogen) atoms. The Balaban J connectivity index is 2.06. The van der Waals surface area contributed by atoms with Gasteiger partial charge in [0.05, 0.1) is 21.8 Å². The van der Waals surface area contributed by atoms with Crippen molar-refractivity contribution in [3.63, 3.8) is 0 Å². The minimum atomic E-state index is -0.494. The minimum absolute atomic E-state index is 0.165. The summed E-state index contributed by atoms with van der Waals surface area (Å²) < 4.78 is 14.6. The summed E-state index contributed by atoms with van der Waals surface area (Å²) >= 11 is 5.97. The molecule has 0 aliphatic carbocycles. The molecule has 110 valence electrons. The lowest BCUT2D eigenvalue weighted by atomic mass is 10.1. The van der Waals surface area contributed by atoms with Crippen LogP contribution in [0.2, 0.25) is 5.02 Å². The van der Waals surface area contributed by atoms with Gasteiger partial charge in [-0.3, -0.25) is 14.8 Å². The Morgan fingerprint density at radius 3 is 2.82 bits per heavy atom. The van der Waals surface area contributed by atoms with E-state index in [2.05, 4.69) is 9.97 Å². The molecule has 0 N–H and O–H groups in total. The van der Waals surface area contributed by atoms with E-state index >= 15 is 0 Å². The number of hydrogen-bond acceptors (Lipinski definition) is 3. The van der Waals surface area contributed by atoms with Crippen LogP contribution in [0.5, 0.6) is 0 Å². The minimum Gasteiger partial charge on any atom is -0.309 e. The van der Waals surface area contributed by atoms with E-state index < -0.39 is 11.7 Å². The molecule has 1 aromatic carbocycles. The summed E-state index contributed by atoms with van der Waals surface area (Å²) in [6.07, 6.45) is 4.43. The normalized spacial score (nSPS) is 10.7. The maximum atomic E-state index is 14.6. The fourth-order valence-electron chi connectivity index (χ4n) is 2.20. The predicted molar refractivity (Wildman–Crippen MR) is 83.7 cm³/mol. The molecule has 0 saturated carbocycles. The van der Waals surface area contributed by atoms with Gasteiger partial charge in [-0.2, -0.15) is 0 Å². The van der Waals surface area contributed by atoms with E-state index in [1.165, 1.54) is 36.5 Å². The lowest BCUT2D eigenvalue weighted by molar-refractivity contribution is 0.0992. The van der Waals surface area contributed by atoms with E-state index in [0.717, 1.165) is 0 Å². The zero-order valence-electron chi connectivity index (χ0n) is 11.6. The van der Waals surface area contributed by atoms with Crippen LogP contribution in [-0.4, -0.2) is 22.9 Å². The topological polar surface area (TPSA) is 46.1 Å². The monoisotopic (exact) mass is 315 g/mol. The molecule has 1 amide bonds. The first-order valence-electron chi connectivity index (χ1n) is 6.50. The van der Waals surface area contributed by atoms with Crippen LogP contribution in [0.3, 0.4) is 0 Å². The SMILES string of the molecule is CN(C(=O)c1ccncc1Cl)c1ccc2ncccc2c1F. The summed E-state index contributed by atoms with van der Waals surface area (Å²) in [6, 6.07) is 7.97. The van der Waals surface area contributed by atoms with Gasteiger partial charge in [-0.15, -0.1) is 0 Å². The number of aromatic nitrogens is 2. The number of hydrogen-bond donors (Lipinski definition) is 0. The number of benzene rings is 1. The molecule has 0 atom stereocenters. The molecule has 0 saturated heterocycles. The summed E-state index contributed by atoms with van der Waals surface area (Å²) in [5.41, 5.74) is 0.967. The van der Waals surface area contributed by atoms with Gasteiger partial charge in [-0.05, 0) is 30.3 Å². The Bertz CT molecular complexity index is 869. The van der Waals surface area contributed by atoms with Crippen molar-refractivity contribution < 1.29 is 9.18 Å². The number of anilines is 1. The predicted octanol–water partition coefficient (Wildman–Crippen LogP) is 3.70. The molecule has 0 unspecified atom stereocenters. The van der Waals surface area contributed by atoms with E-state index in [4.69, 9.17) is 11.6 Å². The van der Waals surface area contributed by atoms with Gasteiger partial charge in [-0.1, -0.05) is 11.6 Å². The molecule has 2 aromatic heterocycles. The summed E-state index contributed by atoms with van der Waals surface area (Å²) in [5.74, 6) is -0.902. The summed E-state index contributed by atoms with van der Waals surface area (Å²) in [4.78, 5) is 21.6. The lowest BCUT2D eigenvalue weighted by Crippen LogP contribution is -2.27. The van der Waals surface area contributed by atoms with Crippen molar-refractivity contribution in [3.8, 4) is 0 Å². The zero-order chi connectivity index (χ0) is 15.7. The van der Waals surface area contributed by atoms with Crippen molar-refractivity contribution in [1.29, 1.82) is 0 Å². The van der Waals surface area contributed by atoms with Gasteiger partial charge in [0.25, 0.3) is 5.91 Å². The summed E-state index contributed by atoms with van der Waals surface area (Å²) in [6.45, 7) is 0. The number of fused-ring (bicyclic) bond motifs is 1. The maximum Gasteiger partial charge on any atom is 0.259 e. The van der Waals surface area contributed by atoms with Crippen molar-refractivity contribution in [2.45, 2.75) is 0 Å². The van der Waals surface area contributed by atoms with E-state index in [-0.39, 0.29) is 16.3 Å². The molecular weight excluding hydrogens is 305 g/mol. The highest BCUT2D eigenvalue weighted by molar-refractivity contribution is 6.34. The zero-order valence-corrected chi connectivity index (χ0v) is 12.4. The van der Waals surface area contributed by atoms with Crippen molar-refractivity contribution in [3.05, 3.63) is 65.3 Å². The van der Waals surface area contributed by atoms with Crippen LogP contribution in [0.4, 0.5) is 10.1 Å². The average Bonchev–Trinajstić information content (AvgIpc) is 2.55. The van der Waals surface area contributed by atoms with Crippen molar-refractivity contribution >= 4 is 34.1 Å². The highest BCUT2D eigenvalue weighted by Crippen LogP contribution is 2.27. The van der Waals surface area contributed by atoms with Crippen LogP contribution >= 0.6 is 11.6 Å². The Morgan fingerprint density at radius 2 is 2.05 bits per heavy atom. The van der Waals surface area contributed by atoms with Crippen molar-refractivity contribution in [1.82, 2.24) is 9.97 Å². The molecule has 0 aliphatic rings. The Morgan fingerprint density at radius 1 is 1.23 bits per heavy atom. The largest absolute Gasteiger partial charge is 0.309 e. The number of nitrogens with zero attached hydrogens (tertiary/aromatic N) is 3. The molecule has 0 fully saturated rings. The third-order valence-electron chi connectivity index (χ3n) is 3.37. The smallest absolute Gasteiger partial charge is 0.259 e. The number of pyridine rings is 2. The number of rotatable bonds is 2. The number of carbonyl (C=O) groups excluding carboxylic acids is 1. The van der Waals surface area contributed by atoms with Gasteiger partial charge in [0, 0.05) is 31.0 Å². The second kappa shape index (κ2) is 5.69. The lowest BCUT2D eigenvalue weighted by Gasteiger charge is -2.19. The van der Waals surface area contributed by atoms with Crippen LogP contribution in [-0.2, 0) is 0 Å². The van der Waals surface area contributed by atoms with E-state index in [0.29, 0.717) is 10.9 Å². The van der Waals surface area contributed by atoms with Crippen LogP contribution in [0.15, 0.2) is 48.9 Å². The Labute approximate surface area is 131 Å². The molecule has 6 heteroatoms. The maximum absolute atomic E-state index is 14.6. The molecular formula is C16H11ClFN3O. The first-order chi connectivity index (χ1) is 10.6. The number of amides is 1. The standard InChI is InChI=1S/C16H11ClFN3O/c1-21(16(22)10-6-8-19-9-12(10)17)14-5-4-13-11(15(14)18)3-2-7-20-13/h2-9H,1H3. The highest BCUT2D eigenvalue weighted by Gasteiger charge is 2.20. The first-order valence-corrected chi connectivity index (χ1v) is 6.88. The highest BCUT2D eigenvalue weighted by atomic mass is 35.5. The third kappa shape index (κ3) is 2.40. The first kappa shape index (κ1) is 14.4. The number of halogens is 2. The van der Waals surface area contributed by atoms with Gasteiger partial charge >= 0.3 is 0 Å². The van der Waals surface area contributed by atoms with E-state index in [1.807, 2.05) is 0 Å². The number of carbonyl (C=O) groups is 1. The quantitative estimate of drug-likeness (QED) is 0.724. The summed E-state index contributed by atoms with van der Waals surface area (Å²) in [5, 5.41) is 0.586. The van der Waals surface area contributed by atoms with Gasteiger partial charge in [0.15, 0.2) is 5.82 Å². The van der Waals surface area contributed by atoms with Crippen molar-refractivity contribution in [2.24, 2.45) is 0 Å². The molecule has 0 bridgehead atoms. The Hall–Kier alpha value is -2.53. The fraction of sp³-hybridized carbons (Fsp3) is 0.0625. The molecule has 4 nitrogen and oxygen atoms in total. The Kier molecular flexibility index (Phi) is 3.73. The van der Waals surface area contributed by atoms with Gasteiger partial charge in [-0.25, -0.2) is 4.39 Å². The van der Waals surface area contributed by atoms with Gasteiger partial charge in [0.2, 0.25) is 0 Å². The fourth-order valence-corrected chi connectivity index (χ4v) is 2.40. The summed E-state index contributed by atoms with van der Waals surface area (Å²) in [7, 11) is 1.50. The van der Waals surface area contributed by atoms with Gasteiger partial charge in [0.1, 0.15) is 0 Å². The molecule has 0 aliphatic heterocycles. The van der Waals surface area contributed by atoms with Crippen LogP contribution in [0, 0.1) is 5.82 Å².